The van der Waals surface area contributed by atoms with Gasteiger partial charge in [0.05, 0.1) is 29.6 Å². The highest BCUT2D eigenvalue weighted by Crippen LogP contribution is 2.19. The molecule has 0 unspecified atom stereocenters. The maximum Gasteiger partial charge on any atom is 0.150 e. The second-order valence-corrected chi connectivity index (χ2v) is 4.70. The molecule has 3 rings (SSSR count). The first kappa shape index (κ1) is 15.2. The summed E-state index contributed by atoms with van der Waals surface area (Å²) in [5.74, 6) is -0.411. The molecule has 23 heavy (non-hydrogen) atoms. The zero-order chi connectivity index (χ0) is 16.1. The molecule has 0 aliphatic rings. The maximum absolute atomic E-state index is 14.2. The molecule has 10 heteroatoms. The number of thiocarbonyl (C=S) groups is 1. The third-order valence-electron chi connectivity index (χ3n) is 3.00. The van der Waals surface area contributed by atoms with Gasteiger partial charge in [-0.1, -0.05) is 12.2 Å². The van der Waals surface area contributed by atoms with Crippen LogP contribution in [0.2, 0.25) is 0 Å². The Balaban J connectivity index is 1.68. The van der Waals surface area contributed by atoms with Crippen molar-refractivity contribution in [1.29, 1.82) is 0 Å². The van der Waals surface area contributed by atoms with Gasteiger partial charge in [0.25, 0.3) is 0 Å². The second-order valence-electron chi connectivity index (χ2n) is 4.49. The number of hydrogen-bond donors (Lipinski definition) is 3. The third kappa shape index (κ3) is 3.56. The predicted molar refractivity (Wildman–Crippen MR) is 86.0 cm³/mol. The third-order valence-corrected chi connectivity index (χ3v) is 3.21. The topological polar surface area (TPSA) is 86.7 Å². The van der Waals surface area contributed by atoms with Gasteiger partial charge in [-0.3, -0.25) is 5.01 Å². The molecular weight excluding hydrogens is 319 g/mol. The van der Waals surface area contributed by atoms with Gasteiger partial charge in [-0.05, 0) is 18.2 Å². The molecule has 0 saturated carbocycles. The molecule has 3 aromatic rings. The maximum atomic E-state index is 14.2. The van der Waals surface area contributed by atoms with E-state index >= 15 is 0 Å². The molecule has 0 spiro atoms. The Morgan fingerprint density at radius 2 is 2.35 bits per heavy atom. The van der Waals surface area contributed by atoms with Gasteiger partial charge in [0.2, 0.25) is 0 Å². The van der Waals surface area contributed by atoms with E-state index in [2.05, 4.69) is 31.5 Å². The van der Waals surface area contributed by atoms with Gasteiger partial charge < -0.3 is 0 Å². The van der Waals surface area contributed by atoms with Crippen LogP contribution < -0.4 is 16.0 Å². The lowest BCUT2D eigenvalue weighted by Gasteiger charge is -2.21. The van der Waals surface area contributed by atoms with E-state index in [0.717, 1.165) is 5.69 Å². The summed E-state index contributed by atoms with van der Waals surface area (Å²) in [6.07, 6.45) is 4.85. The first-order valence-corrected chi connectivity index (χ1v) is 7.12. The lowest BCUT2D eigenvalue weighted by Crippen LogP contribution is -2.45. The Bertz CT molecular complexity index is 758. The predicted octanol–water partition coefficient (Wildman–Crippen LogP) is 1.10. The van der Waals surface area contributed by atoms with E-state index in [1.807, 2.05) is 0 Å². The van der Waals surface area contributed by atoms with Crippen LogP contribution in [-0.4, -0.2) is 30.7 Å². The summed E-state index contributed by atoms with van der Waals surface area (Å²) in [6, 6.07) is 6.45. The fourth-order valence-corrected chi connectivity index (χ4v) is 2.09. The first-order chi connectivity index (χ1) is 11.3. The van der Waals surface area contributed by atoms with E-state index < -0.39 is 5.82 Å². The van der Waals surface area contributed by atoms with Crippen molar-refractivity contribution in [2.75, 3.05) is 5.01 Å². The van der Waals surface area contributed by atoms with E-state index in [1.54, 1.807) is 36.8 Å². The van der Waals surface area contributed by atoms with Crippen LogP contribution in [-0.2, 0) is 6.54 Å². The number of aromatic nitrogens is 5. The van der Waals surface area contributed by atoms with Gasteiger partial charge >= 0.3 is 0 Å². The van der Waals surface area contributed by atoms with Crippen molar-refractivity contribution in [3.63, 3.8) is 0 Å². The molecule has 118 valence electrons. The highest BCUT2D eigenvalue weighted by Gasteiger charge is 2.09. The summed E-state index contributed by atoms with van der Waals surface area (Å²) in [5.41, 5.74) is 8.76. The van der Waals surface area contributed by atoms with Crippen molar-refractivity contribution in [3.05, 3.63) is 54.4 Å². The van der Waals surface area contributed by atoms with E-state index in [1.165, 1.54) is 21.2 Å². The summed E-state index contributed by atoms with van der Waals surface area (Å²) in [5, 5.41) is 15.6. The standard InChI is InChI=1S/C13H13FN8S/c14-12-6-11(2-3-13(12)21-5-1-4-17-21)22(9-23)20-16-8-10-7-15-19-18-10/h1-7,9,16,20H,8H2,(H,15,18,19). The second kappa shape index (κ2) is 7.05. The molecule has 2 heterocycles. The number of nitrogens with one attached hydrogen (secondary N) is 3. The molecule has 1 aromatic carbocycles. The van der Waals surface area contributed by atoms with E-state index in [9.17, 15) is 4.39 Å². The molecule has 0 aliphatic carbocycles. The van der Waals surface area contributed by atoms with Gasteiger partial charge in [0.15, 0.2) is 5.82 Å². The average molecular weight is 332 g/mol. The lowest BCUT2D eigenvalue weighted by molar-refractivity contribution is 0.543. The molecule has 0 radical (unpaired) electrons. The Morgan fingerprint density at radius 3 is 3.00 bits per heavy atom. The summed E-state index contributed by atoms with van der Waals surface area (Å²) in [6.45, 7) is 0.421. The lowest BCUT2D eigenvalue weighted by atomic mass is 10.2. The van der Waals surface area contributed by atoms with Gasteiger partial charge in [0, 0.05) is 18.5 Å². The molecule has 0 amide bonds. The highest BCUT2D eigenvalue weighted by molar-refractivity contribution is 7.79. The first-order valence-electron chi connectivity index (χ1n) is 6.65. The number of anilines is 1. The Hall–Kier alpha value is -2.69. The largest absolute Gasteiger partial charge is 0.260 e. The molecule has 0 atom stereocenters. The molecule has 0 fully saturated rings. The monoisotopic (exact) mass is 332 g/mol. The van der Waals surface area contributed by atoms with Crippen molar-refractivity contribution in [1.82, 2.24) is 36.2 Å². The van der Waals surface area contributed by atoms with E-state index in [4.69, 9.17) is 12.2 Å². The Kier molecular flexibility index (Phi) is 4.66. The molecule has 0 saturated heterocycles. The number of rotatable bonds is 7. The van der Waals surface area contributed by atoms with Crippen LogP contribution in [0.25, 0.3) is 5.69 Å². The van der Waals surface area contributed by atoms with Crippen LogP contribution in [0.15, 0.2) is 42.9 Å². The highest BCUT2D eigenvalue weighted by atomic mass is 32.1. The summed E-state index contributed by atoms with van der Waals surface area (Å²) < 4.78 is 15.7. The number of aromatic amines is 1. The molecule has 2 aromatic heterocycles. The number of hydrazine groups is 2. The van der Waals surface area contributed by atoms with E-state index in [0.29, 0.717) is 17.9 Å². The minimum Gasteiger partial charge on any atom is -0.260 e. The Morgan fingerprint density at radius 1 is 1.43 bits per heavy atom. The fourth-order valence-electron chi connectivity index (χ4n) is 1.92. The SMILES string of the molecule is Fc1cc(N(C=S)NNCc2cn[nH]n2)ccc1-n1cccn1. The van der Waals surface area contributed by atoms with Crippen molar-refractivity contribution in [3.8, 4) is 5.69 Å². The fraction of sp³-hybridized carbons (Fsp3) is 0.0769. The van der Waals surface area contributed by atoms with Crippen LogP contribution in [0, 0.1) is 5.82 Å². The molecule has 0 aliphatic heterocycles. The number of H-pyrrole nitrogens is 1. The van der Waals surface area contributed by atoms with Crippen molar-refractivity contribution >= 4 is 23.4 Å². The smallest absolute Gasteiger partial charge is 0.150 e. The molecule has 0 bridgehead atoms. The minimum absolute atomic E-state index is 0.360. The number of nitrogens with zero attached hydrogens (tertiary/aromatic N) is 5. The van der Waals surface area contributed by atoms with Crippen LogP contribution >= 0.6 is 12.2 Å². The van der Waals surface area contributed by atoms with Crippen LogP contribution in [0.5, 0.6) is 0 Å². The van der Waals surface area contributed by atoms with Gasteiger partial charge in [0.1, 0.15) is 5.69 Å². The number of halogens is 1. The van der Waals surface area contributed by atoms with Crippen LogP contribution in [0.3, 0.4) is 0 Å². The van der Waals surface area contributed by atoms with Gasteiger partial charge in [-0.2, -0.15) is 26.0 Å². The number of benzene rings is 1. The van der Waals surface area contributed by atoms with Gasteiger partial charge in [-0.25, -0.2) is 14.5 Å². The van der Waals surface area contributed by atoms with Crippen LogP contribution in [0.4, 0.5) is 10.1 Å². The Labute approximate surface area is 136 Å². The zero-order valence-electron chi connectivity index (χ0n) is 11.8. The van der Waals surface area contributed by atoms with Crippen molar-refractivity contribution < 1.29 is 4.39 Å². The quantitative estimate of drug-likeness (QED) is 0.441. The van der Waals surface area contributed by atoms with E-state index in [-0.39, 0.29) is 0 Å². The molecule has 8 nitrogen and oxygen atoms in total. The molecule has 3 N–H and O–H groups in total. The zero-order valence-corrected chi connectivity index (χ0v) is 12.7. The van der Waals surface area contributed by atoms with Crippen molar-refractivity contribution in [2.24, 2.45) is 0 Å². The normalized spacial score (nSPS) is 10.7. The average Bonchev–Trinajstić information content (AvgIpc) is 3.25. The molecular formula is C13H13FN8S. The summed E-state index contributed by atoms with van der Waals surface area (Å²) in [7, 11) is 0. The van der Waals surface area contributed by atoms with Crippen molar-refractivity contribution in [2.45, 2.75) is 6.54 Å². The van der Waals surface area contributed by atoms with Crippen LogP contribution in [0.1, 0.15) is 5.69 Å². The van der Waals surface area contributed by atoms with Gasteiger partial charge in [-0.15, -0.1) is 0 Å². The summed E-state index contributed by atoms with van der Waals surface area (Å²) in [4.78, 5) is 0. The number of hydrogen-bond acceptors (Lipinski definition) is 6. The minimum atomic E-state index is -0.411. The summed E-state index contributed by atoms with van der Waals surface area (Å²) >= 11 is 4.95.